The van der Waals surface area contributed by atoms with Crippen LogP contribution < -0.4 is 0 Å². The first-order valence-electron chi connectivity index (χ1n) is 15.0. The number of aromatic nitrogens is 3. The molecule has 1 saturated heterocycles. The number of piperazine rings is 1. The first kappa shape index (κ1) is 29.4. The molecule has 2 heterocycles. The van der Waals surface area contributed by atoms with Crippen LogP contribution in [-0.2, 0) is 4.79 Å². The average Bonchev–Trinajstić information content (AvgIpc) is 3.51. The Hall–Kier alpha value is -4.69. The van der Waals surface area contributed by atoms with E-state index < -0.39 is 0 Å². The number of carbonyl (C=O) groups excluding carboxylic acids is 2. The number of benzene rings is 4. The number of carbonyl (C=O) groups is 2. The van der Waals surface area contributed by atoms with Crippen molar-refractivity contribution >= 4 is 23.6 Å². The van der Waals surface area contributed by atoms with E-state index in [-0.39, 0.29) is 17.9 Å². The zero-order valence-corrected chi connectivity index (χ0v) is 25.6. The van der Waals surface area contributed by atoms with Crippen molar-refractivity contribution in [3.63, 3.8) is 0 Å². The van der Waals surface area contributed by atoms with Gasteiger partial charge in [0, 0.05) is 54.7 Å². The number of amides is 2. The third-order valence-corrected chi connectivity index (χ3v) is 8.94. The lowest BCUT2D eigenvalue weighted by molar-refractivity contribution is -0.133. The van der Waals surface area contributed by atoms with Crippen LogP contribution in [0.3, 0.4) is 0 Å². The van der Waals surface area contributed by atoms with E-state index in [0.29, 0.717) is 31.6 Å². The summed E-state index contributed by atoms with van der Waals surface area (Å²) in [7, 11) is 0. The molecule has 1 unspecified atom stereocenters. The van der Waals surface area contributed by atoms with Gasteiger partial charge in [0.1, 0.15) is 0 Å². The van der Waals surface area contributed by atoms with Crippen molar-refractivity contribution in [2.24, 2.45) is 0 Å². The molecule has 0 N–H and O–H groups in total. The molecule has 44 heavy (non-hydrogen) atoms. The Kier molecular flexibility index (Phi) is 9.17. The van der Waals surface area contributed by atoms with Crippen LogP contribution in [0.4, 0.5) is 0 Å². The van der Waals surface area contributed by atoms with Crippen molar-refractivity contribution in [3.8, 4) is 28.2 Å². The topological polar surface area (TPSA) is 71.3 Å². The summed E-state index contributed by atoms with van der Waals surface area (Å²) < 4.78 is 2.08. The SMILES string of the molecule is CC1CN(C(=O)CCCSc2nnc(-c3ccccc3)n2-c2ccccc2)CCN1C(=O)c1ccc(-c2ccccc2)cc1. The van der Waals surface area contributed by atoms with Crippen LogP contribution in [0.25, 0.3) is 28.2 Å². The molecule has 2 amide bonds. The molecule has 1 atom stereocenters. The summed E-state index contributed by atoms with van der Waals surface area (Å²) in [6.45, 7) is 3.64. The molecule has 1 aliphatic heterocycles. The number of para-hydroxylation sites is 1. The van der Waals surface area contributed by atoms with Gasteiger partial charge in [-0.2, -0.15) is 0 Å². The van der Waals surface area contributed by atoms with E-state index in [9.17, 15) is 9.59 Å². The molecule has 8 heteroatoms. The maximum absolute atomic E-state index is 13.3. The van der Waals surface area contributed by atoms with E-state index >= 15 is 0 Å². The molecule has 0 spiro atoms. The largest absolute Gasteiger partial charge is 0.339 e. The summed E-state index contributed by atoms with van der Waals surface area (Å²) in [6.07, 6.45) is 1.19. The van der Waals surface area contributed by atoms with Crippen molar-refractivity contribution < 1.29 is 9.59 Å². The Bertz CT molecular complexity index is 1690. The molecule has 222 valence electrons. The van der Waals surface area contributed by atoms with Gasteiger partial charge in [0.2, 0.25) is 5.91 Å². The lowest BCUT2D eigenvalue weighted by Crippen LogP contribution is -2.55. The number of hydrogen-bond donors (Lipinski definition) is 0. The summed E-state index contributed by atoms with van der Waals surface area (Å²) >= 11 is 1.61. The summed E-state index contributed by atoms with van der Waals surface area (Å²) in [4.78, 5) is 30.2. The van der Waals surface area contributed by atoms with E-state index in [1.807, 2.05) is 108 Å². The first-order chi connectivity index (χ1) is 21.6. The maximum Gasteiger partial charge on any atom is 0.254 e. The van der Waals surface area contributed by atoms with Gasteiger partial charge in [-0.05, 0) is 48.7 Å². The second-order valence-electron chi connectivity index (χ2n) is 10.9. The van der Waals surface area contributed by atoms with Gasteiger partial charge < -0.3 is 9.80 Å². The highest BCUT2D eigenvalue weighted by atomic mass is 32.2. The minimum Gasteiger partial charge on any atom is -0.339 e. The van der Waals surface area contributed by atoms with E-state index in [4.69, 9.17) is 0 Å². The zero-order chi connectivity index (χ0) is 30.3. The van der Waals surface area contributed by atoms with E-state index in [1.54, 1.807) is 11.8 Å². The van der Waals surface area contributed by atoms with Gasteiger partial charge in [0.25, 0.3) is 5.91 Å². The quantitative estimate of drug-likeness (QED) is 0.137. The van der Waals surface area contributed by atoms with Crippen molar-refractivity contribution in [3.05, 3.63) is 121 Å². The second-order valence-corrected chi connectivity index (χ2v) is 12.0. The van der Waals surface area contributed by atoms with Crippen molar-refractivity contribution in [2.45, 2.75) is 31.0 Å². The molecule has 1 fully saturated rings. The molecule has 0 saturated carbocycles. The molecular formula is C36H35N5O2S. The number of thioether (sulfide) groups is 1. The predicted octanol–water partition coefficient (Wildman–Crippen LogP) is 6.85. The first-order valence-corrected chi connectivity index (χ1v) is 16.0. The highest BCUT2D eigenvalue weighted by Crippen LogP contribution is 2.28. The van der Waals surface area contributed by atoms with Gasteiger partial charge in [-0.15, -0.1) is 10.2 Å². The minimum atomic E-state index is -0.0517. The predicted molar refractivity (Wildman–Crippen MR) is 176 cm³/mol. The van der Waals surface area contributed by atoms with Crippen molar-refractivity contribution in [2.75, 3.05) is 25.4 Å². The van der Waals surface area contributed by atoms with Gasteiger partial charge >= 0.3 is 0 Å². The van der Waals surface area contributed by atoms with E-state index in [1.165, 1.54) is 0 Å². The smallest absolute Gasteiger partial charge is 0.254 e. The molecule has 1 aromatic heterocycles. The summed E-state index contributed by atoms with van der Waals surface area (Å²) in [5, 5.41) is 9.81. The standard InChI is InChI=1S/C36H35N5O2S/c1-27-26-39(23-24-40(27)35(43)31-21-19-29(20-22-31)28-12-5-2-6-13-28)33(42)18-11-25-44-36-38-37-34(30-14-7-3-8-15-30)41(36)32-16-9-4-10-17-32/h2-10,12-17,19-22,27H,11,18,23-26H2,1H3. The fourth-order valence-electron chi connectivity index (χ4n) is 5.58. The lowest BCUT2D eigenvalue weighted by Gasteiger charge is -2.40. The molecule has 6 rings (SSSR count). The van der Waals surface area contributed by atoms with Gasteiger partial charge in [0.15, 0.2) is 11.0 Å². The van der Waals surface area contributed by atoms with Crippen LogP contribution in [0.1, 0.15) is 30.1 Å². The van der Waals surface area contributed by atoms with Gasteiger partial charge in [-0.25, -0.2) is 0 Å². The Labute approximate surface area is 262 Å². The highest BCUT2D eigenvalue weighted by molar-refractivity contribution is 7.99. The fraction of sp³-hybridized carbons (Fsp3) is 0.222. The van der Waals surface area contributed by atoms with E-state index in [0.717, 1.165) is 45.5 Å². The highest BCUT2D eigenvalue weighted by Gasteiger charge is 2.30. The third-order valence-electron chi connectivity index (χ3n) is 7.93. The molecular weight excluding hydrogens is 566 g/mol. The number of hydrogen-bond acceptors (Lipinski definition) is 5. The fourth-order valence-corrected chi connectivity index (χ4v) is 6.47. The average molecular weight is 602 g/mol. The molecule has 0 bridgehead atoms. The monoisotopic (exact) mass is 601 g/mol. The molecule has 4 aromatic carbocycles. The van der Waals surface area contributed by atoms with Crippen molar-refractivity contribution in [1.82, 2.24) is 24.6 Å². The van der Waals surface area contributed by atoms with Gasteiger partial charge in [0.05, 0.1) is 0 Å². The number of rotatable bonds is 9. The normalized spacial score (nSPS) is 14.9. The molecule has 7 nitrogen and oxygen atoms in total. The summed E-state index contributed by atoms with van der Waals surface area (Å²) in [6, 6.07) is 38.0. The Balaban J connectivity index is 1.02. The van der Waals surface area contributed by atoms with Crippen LogP contribution in [-0.4, -0.2) is 67.8 Å². The van der Waals surface area contributed by atoms with Crippen LogP contribution in [0, 0.1) is 0 Å². The molecule has 5 aromatic rings. The van der Waals surface area contributed by atoms with Gasteiger partial charge in [-0.3, -0.25) is 14.2 Å². The number of nitrogens with zero attached hydrogens (tertiary/aromatic N) is 5. The van der Waals surface area contributed by atoms with Crippen molar-refractivity contribution in [1.29, 1.82) is 0 Å². The van der Waals surface area contributed by atoms with Crippen LogP contribution >= 0.6 is 11.8 Å². The minimum absolute atomic E-state index is 0.0120. The van der Waals surface area contributed by atoms with Crippen LogP contribution in [0.15, 0.2) is 120 Å². The van der Waals surface area contributed by atoms with Crippen LogP contribution in [0.5, 0.6) is 0 Å². The third kappa shape index (κ3) is 6.60. The van der Waals surface area contributed by atoms with Gasteiger partial charge in [-0.1, -0.05) is 103 Å². The second kappa shape index (κ2) is 13.7. The molecule has 0 aliphatic carbocycles. The molecule has 1 aliphatic rings. The van der Waals surface area contributed by atoms with Crippen LogP contribution in [0.2, 0.25) is 0 Å². The molecule has 0 radical (unpaired) electrons. The lowest BCUT2D eigenvalue weighted by atomic mass is 10.0. The Morgan fingerprint density at radius 3 is 2.02 bits per heavy atom. The Morgan fingerprint density at radius 2 is 1.36 bits per heavy atom. The summed E-state index contributed by atoms with van der Waals surface area (Å²) in [5.41, 5.74) is 4.89. The van der Waals surface area contributed by atoms with E-state index in [2.05, 4.69) is 39.0 Å². The Morgan fingerprint density at radius 1 is 0.750 bits per heavy atom. The summed E-state index contributed by atoms with van der Waals surface area (Å²) in [5.74, 6) is 1.69. The maximum atomic E-state index is 13.3. The zero-order valence-electron chi connectivity index (χ0n) is 24.8.